The Balaban J connectivity index is 1.98. The number of hydrogen-bond acceptors (Lipinski definition) is 5. The highest BCUT2D eigenvalue weighted by Crippen LogP contribution is 2.25. The van der Waals surface area contributed by atoms with Gasteiger partial charge in [-0.1, -0.05) is 35.0 Å². The monoisotopic (exact) mass is 269 g/mol. The molecule has 0 aliphatic heterocycles. The van der Waals surface area contributed by atoms with Gasteiger partial charge in [-0.05, 0) is 30.8 Å². The molecule has 0 spiro atoms. The molecule has 0 fully saturated rings. The fraction of sp³-hybridized carbons (Fsp3) is 0.273. The molecule has 90 valence electrons. The topological polar surface area (TPSA) is 47.0 Å². The van der Waals surface area contributed by atoms with Crippen molar-refractivity contribution in [2.24, 2.45) is 0 Å². The van der Waals surface area contributed by atoms with Crippen LogP contribution >= 0.6 is 22.9 Å². The lowest BCUT2D eigenvalue weighted by Crippen LogP contribution is -2.11. The first-order valence-corrected chi connectivity index (χ1v) is 6.44. The second-order valence-corrected chi connectivity index (χ2v) is 4.76. The van der Waals surface area contributed by atoms with Crippen LogP contribution < -0.4 is 10.1 Å². The first kappa shape index (κ1) is 12.3. The Morgan fingerprint density at radius 3 is 2.76 bits per heavy atom. The van der Waals surface area contributed by atoms with E-state index >= 15 is 0 Å². The molecule has 6 heteroatoms. The van der Waals surface area contributed by atoms with Crippen molar-refractivity contribution in [3.8, 4) is 10.9 Å². The van der Waals surface area contributed by atoms with Gasteiger partial charge in [-0.15, -0.1) is 5.10 Å². The predicted molar refractivity (Wildman–Crippen MR) is 68.8 cm³/mol. The van der Waals surface area contributed by atoms with Gasteiger partial charge in [0, 0.05) is 11.6 Å². The average Bonchev–Trinajstić information content (AvgIpc) is 2.77. The summed E-state index contributed by atoms with van der Waals surface area (Å²) in [5.41, 5.74) is 0. The maximum Gasteiger partial charge on any atom is 0.299 e. The molecule has 1 N–H and O–H groups in total. The van der Waals surface area contributed by atoms with Crippen molar-refractivity contribution in [1.29, 1.82) is 0 Å². The van der Waals surface area contributed by atoms with Crippen LogP contribution in [0.4, 0.5) is 0 Å². The fourth-order valence-electron chi connectivity index (χ4n) is 1.19. The number of rotatable bonds is 5. The van der Waals surface area contributed by atoms with E-state index < -0.39 is 0 Å². The van der Waals surface area contributed by atoms with Crippen LogP contribution in [0.3, 0.4) is 0 Å². The van der Waals surface area contributed by atoms with Crippen LogP contribution in [-0.2, 0) is 6.54 Å². The summed E-state index contributed by atoms with van der Waals surface area (Å²) in [5.74, 6) is 0.709. The molecule has 1 aromatic heterocycles. The highest BCUT2D eigenvalue weighted by atomic mass is 35.5. The molecule has 2 aromatic rings. The third-order valence-corrected chi connectivity index (χ3v) is 3.05. The molecule has 2 rings (SSSR count). The molecule has 0 saturated carbocycles. The van der Waals surface area contributed by atoms with Crippen LogP contribution in [0, 0.1) is 0 Å². The lowest BCUT2D eigenvalue weighted by Gasteiger charge is -1.99. The number of hydrogen-bond donors (Lipinski definition) is 1. The quantitative estimate of drug-likeness (QED) is 0.906. The normalized spacial score (nSPS) is 10.5. The van der Waals surface area contributed by atoms with Crippen molar-refractivity contribution < 1.29 is 4.74 Å². The van der Waals surface area contributed by atoms with E-state index in [4.69, 9.17) is 16.3 Å². The second kappa shape index (κ2) is 5.95. The molecule has 0 unspecified atom stereocenters. The van der Waals surface area contributed by atoms with E-state index in [9.17, 15) is 0 Å². The van der Waals surface area contributed by atoms with Gasteiger partial charge in [0.05, 0.1) is 0 Å². The zero-order valence-electron chi connectivity index (χ0n) is 9.31. The van der Waals surface area contributed by atoms with Gasteiger partial charge in [0.2, 0.25) is 0 Å². The number of ether oxygens (including phenoxy) is 1. The summed E-state index contributed by atoms with van der Waals surface area (Å²) < 4.78 is 5.55. The Hall–Kier alpha value is -1.17. The third-order valence-electron chi connectivity index (χ3n) is 1.99. The third kappa shape index (κ3) is 3.66. The first-order valence-electron chi connectivity index (χ1n) is 5.24. The SMILES string of the molecule is CCNCc1nnc(Oc2ccc(Cl)cc2)s1. The van der Waals surface area contributed by atoms with Crippen LogP contribution in [0.15, 0.2) is 24.3 Å². The summed E-state index contributed by atoms with van der Waals surface area (Å²) in [5, 5.41) is 13.3. The van der Waals surface area contributed by atoms with Crippen molar-refractivity contribution in [2.75, 3.05) is 6.54 Å². The van der Waals surface area contributed by atoms with E-state index in [1.807, 2.05) is 6.92 Å². The number of aromatic nitrogens is 2. The summed E-state index contributed by atoms with van der Waals surface area (Å²) in [6, 6.07) is 7.15. The van der Waals surface area contributed by atoms with Crippen LogP contribution in [0.25, 0.3) is 0 Å². The van der Waals surface area contributed by atoms with Crippen LogP contribution in [0.5, 0.6) is 10.9 Å². The minimum absolute atomic E-state index is 0.542. The summed E-state index contributed by atoms with van der Waals surface area (Å²) in [6.45, 7) is 3.68. The molecule has 0 aliphatic carbocycles. The number of nitrogens with one attached hydrogen (secondary N) is 1. The molecule has 0 radical (unpaired) electrons. The fourth-order valence-corrected chi connectivity index (χ4v) is 1.99. The molecule has 0 amide bonds. The Labute approximate surface area is 109 Å². The van der Waals surface area contributed by atoms with Crippen molar-refractivity contribution in [2.45, 2.75) is 13.5 Å². The summed E-state index contributed by atoms with van der Waals surface area (Å²) in [4.78, 5) is 0. The second-order valence-electron chi connectivity index (χ2n) is 3.30. The van der Waals surface area contributed by atoms with Crippen LogP contribution in [0.1, 0.15) is 11.9 Å². The molecule has 1 aromatic carbocycles. The molecular weight excluding hydrogens is 258 g/mol. The first-order chi connectivity index (χ1) is 8.28. The van der Waals surface area contributed by atoms with Crippen LogP contribution in [-0.4, -0.2) is 16.7 Å². The molecule has 17 heavy (non-hydrogen) atoms. The highest BCUT2D eigenvalue weighted by Gasteiger charge is 2.05. The van der Waals surface area contributed by atoms with E-state index in [1.54, 1.807) is 24.3 Å². The summed E-state index contributed by atoms with van der Waals surface area (Å²) >= 11 is 7.22. The van der Waals surface area contributed by atoms with Crippen molar-refractivity contribution in [3.63, 3.8) is 0 Å². The van der Waals surface area contributed by atoms with E-state index in [0.29, 0.717) is 16.0 Å². The Bertz CT molecular complexity index is 472. The predicted octanol–water partition coefficient (Wildman–Crippen LogP) is 3.09. The molecule has 0 bridgehead atoms. The molecule has 0 saturated heterocycles. The standard InChI is InChI=1S/C11H12ClN3OS/c1-2-13-7-10-14-15-11(17-10)16-9-5-3-8(12)4-6-9/h3-6,13H,2,7H2,1H3. The molecular formula is C11H12ClN3OS. The van der Waals surface area contributed by atoms with Gasteiger partial charge < -0.3 is 10.1 Å². The molecule has 4 nitrogen and oxygen atoms in total. The van der Waals surface area contributed by atoms with Crippen molar-refractivity contribution in [1.82, 2.24) is 15.5 Å². The summed E-state index contributed by atoms with van der Waals surface area (Å²) in [6.07, 6.45) is 0. The maximum atomic E-state index is 5.79. The lowest BCUT2D eigenvalue weighted by atomic mass is 10.3. The largest absolute Gasteiger partial charge is 0.430 e. The number of nitrogens with zero attached hydrogens (tertiary/aromatic N) is 2. The van der Waals surface area contributed by atoms with Gasteiger partial charge in [-0.25, -0.2) is 0 Å². The van der Waals surface area contributed by atoms with Crippen molar-refractivity contribution >= 4 is 22.9 Å². The van der Waals surface area contributed by atoms with E-state index in [2.05, 4.69) is 15.5 Å². The minimum atomic E-state index is 0.542. The Morgan fingerprint density at radius 1 is 1.29 bits per heavy atom. The van der Waals surface area contributed by atoms with Gasteiger partial charge in [0.1, 0.15) is 10.8 Å². The zero-order chi connectivity index (χ0) is 12.1. The summed E-state index contributed by atoms with van der Waals surface area (Å²) in [7, 11) is 0. The number of benzene rings is 1. The van der Waals surface area contributed by atoms with Crippen molar-refractivity contribution in [3.05, 3.63) is 34.3 Å². The maximum absolute atomic E-state index is 5.79. The molecule has 1 heterocycles. The lowest BCUT2D eigenvalue weighted by molar-refractivity contribution is 0.473. The Kier molecular flexibility index (Phi) is 4.30. The zero-order valence-corrected chi connectivity index (χ0v) is 10.9. The Morgan fingerprint density at radius 2 is 2.06 bits per heavy atom. The minimum Gasteiger partial charge on any atom is -0.430 e. The van der Waals surface area contributed by atoms with Crippen LogP contribution in [0.2, 0.25) is 5.02 Å². The van der Waals surface area contributed by atoms with Gasteiger partial charge >= 0.3 is 0 Å². The smallest absolute Gasteiger partial charge is 0.299 e. The number of halogens is 1. The van der Waals surface area contributed by atoms with E-state index in [0.717, 1.165) is 18.1 Å². The van der Waals surface area contributed by atoms with E-state index in [1.165, 1.54) is 11.3 Å². The average molecular weight is 270 g/mol. The van der Waals surface area contributed by atoms with Gasteiger partial charge in [-0.2, -0.15) is 0 Å². The molecule has 0 aliphatic rings. The molecule has 0 atom stereocenters. The van der Waals surface area contributed by atoms with E-state index in [-0.39, 0.29) is 0 Å². The van der Waals surface area contributed by atoms with Gasteiger partial charge in [0.15, 0.2) is 0 Å². The highest BCUT2D eigenvalue weighted by molar-refractivity contribution is 7.13. The van der Waals surface area contributed by atoms with Gasteiger partial charge in [0.25, 0.3) is 5.19 Å². The van der Waals surface area contributed by atoms with Gasteiger partial charge in [-0.3, -0.25) is 0 Å².